The second-order valence-corrected chi connectivity index (χ2v) is 8.61. The molecule has 0 aliphatic carbocycles. The number of rotatable bonds is 2. The summed E-state index contributed by atoms with van der Waals surface area (Å²) in [6.45, 7) is 2.08. The molecule has 2 aliphatic heterocycles. The molecule has 3 nitrogen and oxygen atoms in total. The lowest BCUT2D eigenvalue weighted by Gasteiger charge is -2.38. The van der Waals surface area contributed by atoms with E-state index in [9.17, 15) is 0 Å². The number of hydrazone groups is 1. The van der Waals surface area contributed by atoms with E-state index >= 15 is 0 Å². The van der Waals surface area contributed by atoms with Crippen LogP contribution in [0.4, 0.5) is 0 Å². The Kier molecular flexibility index (Phi) is 4.70. The first kappa shape index (κ1) is 18.8. The van der Waals surface area contributed by atoms with Crippen LogP contribution in [0.2, 0.25) is 15.1 Å². The van der Waals surface area contributed by atoms with Crippen LogP contribution in [0.1, 0.15) is 40.9 Å². The predicted molar refractivity (Wildman–Crippen MR) is 118 cm³/mol. The number of halogens is 3. The van der Waals surface area contributed by atoms with Crippen molar-refractivity contribution in [3.63, 3.8) is 0 Å². The van der Waals surface area contributed by atoms with Crippen molar-refractivity contribution in [2.45, 2.75) is 25.6 Å². The zero-order valence-corrected chi connectivity index (χ0v) is 17.8. The highest BCUT2D eigenvalue weighted by atomic mass is 35.5. The highest BCUT2D eigenvalue weighted by molar-refractivity contribution is 6.35. The summed E-state index contributed by atoms with van der Waals surface area (Å²) in [6.07, 6.45) is 0.322. The van der Waals surface area contributed by atoms with Gasteiger partial charge in [0.15, 0.2) is 0 Å². The van der Waals surface area contributed by atoms with Gasteiger partial charge in [-0.1, -0.05) is 70.7 Å². The van der Waals surface area contributed by atoms with Crippen molar-refractivity contribution in [3.05, 3.63) is 98.0 Å². The smallest absolute Gasteiger partial charge is 0.215 e. The number of hydrogen-bond donors (Lipinski definition) is 0. The van der Waals surface area contributed by atoms with Crippen molar-refractivity contribution in [2.75, 3.05) is 0 Å². The summed E-state index contributed by atoms with van der Waals surface area (Å²) in [7, 11) is 0. The van der Waals surface area contributed by atoms with Gasteiger partial charge in [0.2, 0.25) is 6.23 Å². The molecule has 6 heteroatoms. The first-order valence-corrected chi connectivity index (χ1v) is 10.5. The SMILES string of the molecule is Cc1ccc(C2=NN3C(C2)c2cc(Cl)ccc2OC3c2ccc(Cl)cc2Cl)cc1. The standard InChI is InChI=1S/C23H17Cl3N2O/c1-13-2-4-14(5-3-13)20-12-21-18-10-15(24)7-9-22(18)29-23(28(21)27-20)17-8-6-16(25)11-19(17)26/h2-11,21,23H,12H2,1H3. The van der Waals surface area contributed by atoms with Gasteiger partial charge in [0.05, 0.1) is 16.8 Å². The molecule has 2 atom stereocenters. The Morgan fingerprint density at radius 1 is 0.897 bits per heavy atom. The molecular weight excluding hydrogens is 427 g/mol. The molecule has 2 unspecified atom stereocenters. The van der Waals surface area contributed by atoms with Crippen molar-refractivity contribution >= 4 is 40.5 Å². The summed E-state index contributed by atoms with van der Waals surface area (Å²) < 4.78 is 6.34. The highest BCUT2D eigenvalue weighted by Gasteiger charge is 2.41. The lowest BCUT2D eigenvalue weighted by atomic mass is 9.95. The van der Waals surface area contributed by atoms with Crippen LogP contribution >= 0.6 is 34.8 Å². The zero-order valence-electron chi connectivity index (χ0n) is 15.6. The van der Waals surface area contributed by atoms with E-state index in [4.69, 9.17) is 44.6 Å². The van der Waals surface area contributed by atoms with Crippen LogP contribution in [0.3, 0.4) is 0 Å². The molecule has 5 rings (SSSR count). The molecule has 0 spiro atoms. The third-order valence-corrected chi connectivity index (χ3v) is 6.16. The first-order valence-electron chi connectivity index (χ1n) is 9.33. The largest absolute Gasteiger partial charge is 0.464 e. The van der Waals surface area contributed by atoms with Gasteiger partial charge in [0.1, 0.15) is 5.75 Å². The van der Waals surface area contributed by atoms with E-state index in [1.807, 2.05) is 35.3 Å². The zero-order chi connectivity index (χ0) is 20.1. The molecule has 0 saturated heterocycles. The van der Waals surface area contributed by atoms with Crippen molar-refractivity contribution in [1.82, 2.24) is 5.01 Å². The Labute approximate surface area is 184 Å². The van der Waals surface area contributed by atoms with Gasteiger partial charge in [0, 0.05) is 27.6 Å². The fraction of sp³-hybridized carbons (Fsp3) is 0.174. The van der Waals surface area contributed by atoms with Gasteiger partial charge in [-0.25, -0.2) is 5.01 Å². The molecule has 2 heterocycles. The molecule has 0 amide bonds. The number of ether oxygens (including phenoxy) is 1. The average molecular weight is 444 g/mol. The van der Waals surface area contributed by atoms with E-state index < -0.39 is 6.23 Å². The fourth-order valence-corrected chi connectivity index (χ4v) is 4.57. The number of benzene rings is 3. The van der Waals surface area contributed by atoms with Gasteiger partial charge >= 0.3 is 0 Å². The van der Waals surface area contributed by atoms with Crippen LogP contribution in [-0.4, -0.2) is 10.7 Å². The molecule has 0 radical (unpaired) electrons. The molecule has 0 saturated carbocycles. The second kappa shape index (κ2) is 7.24. The van der Waals surface area contributed by atoms with Gasteiger partial charge in [-0.3, -0.25) is 0 Å². The third kappa shape index (κ3) is 3.38. The quantitative estimate of drug-likeness (QED) is 0.418. The van der Waals surface area contributed by atoms with E-state index in [-0.39, 0.29) is 6.04 Å². The number of nitrogens with zero attached hydrogens (tertiary/aromatic N) is 2. The minimum atomic E-state index is -0.443. The summed E-state index contributed by atoms with van der Waals surface area (Å²) in [5, 5.41) is 8.76. The Morgan fingerprint density at radius 3 is 2.38 bits per heavy atom. The van der Waals surface area contributed by atoms with Crippen LogP contribution in [0.5, 0.6) is 5.75 Å². The summed E-state index contributed by atoms with van der Waals surface area (Å²) in [5.74, 6) is 0.798. The Hall–Kier alpha value is -2.20. The van der Waals surface area contributed by atoms with Crippen molar-refractivity contribution in [1.29, 1.82) is 0 Å². The van der Waals surface area contributed by atoms with Crippen molar-refractivity contribution < 1.29 is 4.74 Å². The van der Waals surface area contributed by atoms with E-state index in [1.54, 1.807) is 6.07 Å². The van der Waals surface area contributed by atoms with Crippen LogP contribution in [0.25, 0.3) is 0 Å². The monoisotopic (exact) mass is 442 g/mol. The van der Waals surface area contributed by atoms with E-state index in [0.29, 0.717) is 15.1 Å². The normalized spacial score (nSPS) is 20.0. The van der Waals surface area contributed by atoms with Gasteiger partial charge < -0.3 is 4.74 Å². The minimum absolute atomic E-state index is 0.0190. The van der Waals surface area contributed by atoms with E-state index in [2.05, 4.69) is 31.2 Å². The van der Waals surface area contributed by atoms with Gasteiger partial charge in [-0.05, 0) is 42.8 Å². The molecule has 0 N–H and O–H groups in total. The van der Waals surface area contributed by atoms with Crippen LogP contribution in [-0.2, 0) is 0 Å². The lowest BCUT2D eigenvalue weighted by Crippen LogP contribution is -2.33. The molecule has 29 heavy (non-hydrogen) atoms. The van der Waals surface area contributed by atoms with E-state index in [0.717, 1.165) is 34.6 Å². The lowest BCUT2D eigenvalue weighted by molar-refractivity contribution is -0.0189. The Bertz CT molecular complexity index is 1130. The number of aryl methyl sites for hydroxylation is 1. The first-order chi connectivity index (χ1) is 14.0. The molecule has 0 bridgehead atoms. The van der Waals surface area contributed by atoms with Gasteiger partial charge in [-0.2, -0.15) is 5.10 Å². The molecular formula is C23H17Cl3N2O. The Balaban J connectivity index is 1.62. The predicted octanol–water partition coefficient (Wildman–Crippen LogP) is 7.20. The van der Waals surface area contributed by atoms with Gasteiger partial charge in [-0.15, -0.1) is 0 Å². The second-order valence-electron chi connectivity index (χ2n) is 7.33. The van der Waals surface area contributed by atoms with Gasteiger partial charge in [0.25, 0.3) is 0 Å². The van der Waals surface area contributed by atoms with Crippen LogP contribution in [0.15, 0.2) is 65.8 Å². The minimum Gasteiger partial charge on any atom is -0.464 e. The molecule has 0 aromatic heterocycles. The molecule has 146 valence electrons. The Morgan fingerprint density at radius 2 is 1.62 bits per heavy atom. The summed E-state index contributed by atoms with van der Waals surface area (Å²) in [4.78, 5) is 0. The maximum atomic E-state index is 6.52. The third-order valence-electron chi connectivity index (χ3n) is 5.37. The average Bonchev–Trinajstić information content (AvgIpc) is 3.14. The highest BCUT2D eigenvalue weighted by Crippen LogP contribution is 2.49. The van der Waals surface area contributed by atoms with Crippen molar-refractivity contribution in [3.8, 4) is 5.75 Å². The molecule has 2 aliphatic rings. The maximum Gasteiger partial charge on any atom is 0.215 e. The summed E-state index contributed by atoms with van der Waals surface area (Å²) in [5.41, 5.74) is 5.20. The van der Waals surface area contributed by atoms with Crippen molar-refractivity contribution in [2.24, 2.45) is 5.10 Å². The van der Waals surface area contributed by atoms with Crippen LogP contribution < -0.4 is 4.74 Å². The number of hydrogen-bond acceptors (Lipinski definition) is 3. The number of fused-ring (bicyclic) bond motifs is 3. The molecule has 3 aromatic carbocycles. The van der Waals surface area contributed by atoms with Crippen LogP contribution in [0, 0.1) is 6.92 Å². The maximum absolute atomic E-state index is 6.52. The molecule has 0 fully saturated rings. The summed E-state index contributed by atoms with van der Waals surface area (Å²) >= 11 is 18.9. The molecule has 3 aromatic rings. The topological polar surface area (TPSA) is 24.8 Å². The van der Waals surface area contributed by atoms with E-state index in [1.165, 1.54) is 5.56 Å². The summed E-state index contributed by atoms with van der Waals surface area (Å²) in [6, 6.07) is 19.6. The fourth-order valence-electron chi connectivity index (χ4n) is 3.89.